The first-order valence-electron chi connectivity index (χ1n) is 5.31. The molecular weight excluding hydrogens is 225 g/mol. The summed E-state index contributed by atoms with van der Waals surface area (Å²) < 4.78 is 18.9. The Bertz CT molecular complexity index is 404. The van der Waals surface area contributed by atoms with Gasteiger partial charge in [-0.05, 0) is 37.7 Å². The van der Waals surface area contributed by atoms with E-state index in [1.807, 2.05) is 6.26 Å². The second kappa shape index (κ2) is 4.26. The number of rotatable bonds is 3. The zero-order valence-electron chi connectivity index (χ0n) is 9.55. The van der Waals surface area contributed by atoms with E-state index in [2.05, 4.69) is 0 Å². The lowest BCUT2D eigenvalue weighted by molar-refractivity contribution is 0.241. The minimum atomic E-state index is -0.391. The minimum absolute atomic E-state index is 0.239. The molecule has 4 heteroatoms. The fourth-order valence-electron chi connectivity index (χ4n) is 2.13. The highest BCUT2D eigenvalue weighted by molar-refractivity contribution is 7.98. The molecule has 2 N–H and O–H groups in total. The number of methoxy groups -OCH3 is 1. The number of hydrogen-bond acceptors (Lipinski definition) is 3. The first-order chi connectivity index (χ1) is 7.60. The van der Waals surface area contributed by atoms with Crippen LogP contribution in [0.15, 0.2) is 17.0 Å². The molecule has 88 valence electrons. The van der Waals surface area contributed by atoms with Crippen LogP contribution in [0.3, 0.4) is 0 Å². The third-order valence-corrected chi connectivity index (χ3v) is 3.97. The zero-order chi connectivity index (χ0) is 11.8. The van der Waals surface area contributed by atoms with Crippen molar-refractivity contribution in [2.45, 2.75) is 29.7 Å². The summed E-state index contributed by atoms with van der Waals surface area (Å²) in [6.07, 6.45) is 4.82. The van der Waals surface area contributed by atoms with Crippen LogP contribution in [-0.4, -0.2) is 13.4 Å². The molecule has 1 aromatic rings. The molecule has 0 unspecified atom stereocenters. The lowest BCUT2D eigenvalue weighted by Crippen LogP contribution is -2.43. The van der Waals surface area contributed by atoms with Crippen LogP contribution in [0.25, 0.3) is 0 Å². The Morgan fingerprint density at radius 1 is 1.44 bits per heavy atom. The second-order valence-electron chi connectivity index (χ2n) is 4.20. The number of hydrogen-bond donors (Lipinski definition) is 1. The lowest BCUT2D eigenvalue weighted by Gasteiger charge is -2.39. The van der Waals surface area contributed by atoms with Gasteiger partial charge in [-0.3, -0.25) is 0 Å². The van der Waals surface area contributed by atoms with Crippen molar-refractivity contribution in [3.63, 3.8) is 0 Å². The smallest absolute Gasteiger partial charge is 0.137 e. The Labute approximate surface area is 99.4 Å². The van der Waals surface area contributed by atoms with Gasteiger partial charge in [-0.15, -0.1) is 11.8 Å². The highest BCUT2D eigenvalue weighted by Gasteiger charge is 2.37. The van der Waals surface area contributed by atoms with Crippen LogP contribution in [0.5, 0.6) is 5.75 Å². The number of halogens is 1. The molecule has 0 spiro atoms. The van der Waals surface area contributed by atoms with Gasteiger partial charge in [0.1, 0.15) is 11.6 Å². The molecule has 0 aromatic heterocycles. The summed E-state index contributed by atoms with van der Waals surface area (Å²) in [5.74, 6) is 0.493. The van der Waals surface area contributed by atoms with Crippen LogP contribution < -0.4 is 10.5 Å². The average Bonchev–Trinajstić information content (AvgIpc) is 2.24. The molecule has 0 aliphatic heterocycles. The van der Waals surface area contributed by atoms with Crippen LogP contribution in [0, 0.1) is 5.82 Å². The van der Waals surface area contributed by atoms with Crippen LogP contribution in [-0.2, 0) is 5.54 Å². The molecule has 0 amide bonds. The molecule has 1 aliphatic carbocycles. The van der Waals surface area contributed by atoms with E-state index in [1.54, 1.807) is 7.11 Å². The van der Waals surface area contributed by atoms with Gasteiger partial charge in [0.05, 0.1) is 12.0 Å². The molecule has 0 saturated heterocycles. The molecule has 0 heterocycles. The second-order valence-corrected chi connectivity index (χ2v) is 5.05. The first-order valence-corrected chi connectivity index (χ1v) is 6.54. The number of nitrogens with two attached hydrogens (primary N) is 1. The van der Waals surface area contributed by atoms with E-state index < -0.39 is 5.54 Å². The number of ether oxygens (including phenoxy) is 1. The van der Waals surface area contributed by atoms with E-state index in [-0.39, 0.29) is 5.82 Å². The van der Waals surface area contributed by atoms with Crippen LogP contribution in [0.1, 0.15) is 24.8 Å². The molecule has 1 fully saturated rings. The molecule has 0 atom stereocenters. The summed E-state index contributed by atoms with van der Waals surface area (Å²) >= 11 is 1.48. The van der Waals surface area contributed by atoms with Crippen molar-refractivity contribution in [3.8, 4) is 5.75 Å². The van der Waals surface area contributed by atoms with E-state index >= 15 is 0 Å². The maximum absolute atomic E-state index is 13.5. The van der Waals surface area contributed by atoms with Gasteiger partial charge in [0.2, 0.25) is 0 Å². The molecule has 1 aliphatic rings. The fourth-order valence-corrected chi connectivity index (χ4v) is 2.74. The monoisotopic (exact) mass is 241 g/mol. The molecule has 0 bridgehead atoms. The van der Waals surface area contributed by atoms with Crippen molar-refractivity contribution in [2.75, 3.05) is 13.4 Å². The molecule has 1 saturated carbocycles. The van der Waals surface area contributed by atoms with Gasteiger partial charge in [0.15, 0.2) is 0 Å². The van der Waals surface area contributed by atoms with Crippen molar-refractivity contribution in [1.29, 1.82) is 0 Å². The highest BCUT2D eigenvalue weighted by Crippen LogP contribution is 2.45. The van der Waals surface area contributed by atoms with Crippen molar-refractivity contribution < 1.29 is 9.13 Å². The third kappa shape index (κ3) is 1.80. The van der Waals surface area contributed by atoms with Crippen LogP contribution in [0.2, 0.25) is 0 Å². The third-order valence-electron chi connectivity index (χ3n) is 3.23. The minimum Gasteiger partial charge on any atom is -0.495 e. The van der Waals surface area contributed by atoms with E-state index in [9.17, 15) is 4.39 Å². The summed E-state index contributed by atoms with van der Waals surface area (Å²) in [7, 11) is 1.61. The Balaban J connectivity index is 2.53. The van der Waals surface area contributed by atoms with Crippen molar-refractivity contribution in [3.05, 3.63) is 23.5 Å². The van der Waals surface area contributed by atoms with E-state index in [1.165, 1.54) is 23.9 Å². The zero-order valence-corrected chi connectivity index (χ0v) is 10.4. The van der Waals surface area contributed by atoms with Crippen molar-refractivity contribution in [1.82, 2.24) is 0 Å². The quantitative estimate of drug-likeness (QED) is 0.826. The predicted molar refractivity (Wildman–Crippen MR) is 64.4 cm³/mol. The van der Waals surface area contributed by atoms with Crippen LogP contribution in [0.4, 0.5) is 4.39 Å². The van der Waals surface area contributed by atoms with Crippen LogP contribution >= 0.6 is 11.8 Å². The molecule has 1 aromatic carbocycles. The fraction of sp³-hybridized carbons (Fsp3) is 0.500. The summed E-state index contributed by atoms with van der Waals surface area (Å²) in [5, 5.41) is 0. The standard InChI is InChI=1S/C12H16FNOS/c1-15-11-9(12(14)4-3-5-12)6-8(13)7-10(11)16-2/h6-7H,3-5,14H2,1-2H3. The maximum Gasteiger partial charge on any atom is 0.137 e. The highest BCUT2D eigenvalue weighted by atomic mass is 32.2. The lowest BCUT2D eigenvalue weighted by atomic mass is 9.72. The maximum atomic E-state index is 13.5. The van der Waals surface area contributed by atoms with Gasteiger partial charge in [-0.2, -0.15) is 0 Å². The Hall–Kier alpha value is -0.740. The average molecular weight is 241 g/mol. The van der Waals surface area contributed by atoms with Gasteiger partial charge in [0.25, 0.3) is 0 Å². The van der Waals surface area contributed by atoms with E-state index in [0.717, 1.165) is 35.5 Å². The SMILES string of the molecule is COc1c(SC)cc(F)cc1C1(N)CCC1. The topological polar surface area (TPSA) is 35.2 Å². The summed E-state index contributed by atoms with van der Waals surface area (Å²) in [5.41, 5.74) is 6.66. The largest absolute Gasteiger partial charge is 0.495 e. The summed E-state index contributed by atoms with van der Waals surface area (Å²) in [6, 6.07) is 3.01. The van der Waals surface area contributed by atoms with Gasteiger partial charge < -0.3 is 10.5 Å². The first kappa shape index (κ1) is 11.7. The molecule has 2 nitrogen and oxygen atoms in total. The molecular formula is C12H16FNOS. The normalized spacial score (nSPS) is 18.0. The van der Waals surface area contributed by atoms with Crippen molar-refractivity contribution >= 4 is 11.8 Å². The predicted octanol–water partition coefficient (Wildman–Crippen LogP) is 2.89. The molecule has 0 radical (unpaired) electrons. The number of benzene rings is 1. The summed E-state index contributed by atoms with van der Waals surface area (Å²) in [4.78, 5) is 0.814. The van der Waals surface area contributed by atoms with E-state index in [0.29, 0.717) is 0 Å². The van der Waals surface area contributed by atoms with Gasteiger partial charge >= 0.3 is 0 Å². The molecule has 2 rings (SSSR count). The molecule has 16 heavy (non-hydrogen) atoms. The Morgan fingerprint density at radius 2 is 2.12 bits per heavy atom. The summed E-state index contributed by atoms with van der Waals surface area (Å²) in [6.45, 7) is 0. The van der Waals surface area contributed by atoms with Gasteiger partial charge in [-0.1, -0.05) is 0 Å². The van der Waals surface area contributed by atoms with E-state index in [4.69, 9.17) is 10.5 Å². The number of thioether (sulfide) groups is 1. The Kier molecular flexibility index (Phi) is 3.13. The Morgan fingerprint density at radius 3 is 2.56 bits per heavy atom. The van der Waals surface area contributed by atoms with Gasteiger partial charge in [0, 0.05) is 11.1 Å². The van der Waals surface area contributed by atoms with Crippen molar-refractivity contribution in [2.24, 2.45) is 5.73 Å². The van der Waals surface area contributed by atoms with Gasteiger partial charge in [-0.25, -0.2) is 4.39 Å².